The van der Waals surface area contributed by atoms with Crippen LogP contribution in [0.4, 0.5) is 0 Å². The van der Waals surface area contributed by atoms with Crippen molar-refractivity contribution in [3.05, 3.63) is 35.1 Å². The fourth-order valence-corrected chi connectivity index (χ4v) is 2.77. The first-order valence-corrected chi connectivity index (χ1v) is 6.30. The third kappa shape index (κ3) is 1.70. The predicted octanol–water partition coefficient (Wildman–Crippen LogP) is 2.72. The molecule has 92 valence electrons. The van der Waals surface area contributed by atoms with Gasteiger partial charge in [-0.05, 0) is 45.1 Å². The quantitative estimate of drug-likeness (QED) is 0.769. The van der Waals surface area contributed by atoms with Gasteiger partial charge in [0.05, 0.1) is 11.6 Å². The normalized spacial score (nSPS) is 18.9. The predicted molar refractivity (Wildman–Crippen MR) is 70.4 cm³/mol. The van der Waals surface area contributed by atoms with Crippen LogP contribution in [0.25, 0.3) is 11.0 Å². The van der Waals surface area contributed by atoms with Gasteiger partial charge in [-0.3, -0.25) is 0 Å². The summed E-state index contributed by atoms with van der Waals surface area (Å²) in [5, 5.41) is 10.1. The van der Waals surface area contributed by atoms with Crippen LogP contribution in [0.2, 0.25) is 0 Å². The molecule has 3 nitrogen and oxygen atoms in total. The topological polar surface area (TPSA) is 40.2 Å². The molecule has 0 fully saturated rings. The highest BCUT2D eigenvalue weighted by molar-refractivity contribution is 5.84. The third-order valence-electron chi connectivity index (χ3n) is 3.88. The fraction of sp³-hybridized carbons (Fsp3) is 0.400. The first-order valence-electron chi connectivity index (χ1n) is 6.30. The van der Waals surface area contributed by atoms with E-state index in [-0.39, 0.29) is 0 Å². The van der Waals surface area contributed by atoms with Crippen molar-refractivity contribution in [3.63, 3.8) is 0 Å². The molecule has 1 aromatic carbocycles. The summed E-state index contributed by atoms with van der Waals surface area (Å²) in [5.74, 6) is 1.11. The minimum absolute atomic E-state index is 0.573. The van der Waals surface area contributed by atoms with Crippen molar-refractivity contribution < 1.29 is 4.42 Å². The summed E-state index contributed by atoms with van der Waals surface area (Å²) in [4.78, 5) is 2.27. The second-order valence-corrected chi connectivity index (χ2v) is 5.19. The van der Waals surface area contributed by atoms with Gasteiger partial charge in [-0.1, -0.05) is 0 Å². The molecule has 1 aliphatic carbocycles. The van der Waals surface area contributed by atoms with Crippen LogP contribution < -0.4 is 0 Å². The Morgan fingerprint density at radius 2 is 2.22 bits per heavy atom. The van der Waals surface area contributed by atoms with Crippen LogP contribution in [-0.4, -0.2) is 25.0 Å². The number of benzene rings is 1. The minimum atomic E-state index is 0.573. The molecule has 0 aliphatic heterocycles. The molecular formula is C15H16N2O. The molecule has 1 aliphatic rings. The molecule has 3 rings (SSSR count). The van der Waals surface area contributed by atoms with Crippen molar-refractivity contribution in [2.75, 3.05) is 14.1 Å². The molecule has 0 saturated heterocycles. The minimum Gasteiger partial charge on any atom is -0.461 e. The Bertz CT molecular complexity index is 634. The molecule has 1 unspecified atom stereocenters. The molecule has 2 aromatic rings. The maximum absolute atomic E-state index is 8.99. The maximum atomic E-state index is 8.99. The van der Waals surface area contributed by atoms with Gasteiger partial charge in [0, 0.05) is 23.4 Å². The first kappa shape index (κ1) is 11.3. The van der Waals surface area contributed by atoms with E-state index in [2.05, 4.69) is 25.1 Å². The van der Waals surface area contributed by atoms with Gasteiger partial charge in [-0.2, -0.15) is 5.26 Å². The Balaban J connectivity index is 2.11. The maximum Gasteiger partial charge on any atom is 0.134 e. The van der Waals surface area contributed by atoms with Crippen molar-refractivity contribution in [2.45, 2.75) is 25.3 Å². The summed E-state index contributed by atoms with van der Waals surface area (Å²) in [7, 11) is 4.25. The Morgan fingerprint density at radius 3 is 2.94 bits per heavy atom. The van der Waals surface area contributed by atoms with E-state index in [4.69, 9.17) is 9.68 Å². The summed E-state index contributed by atoms with van der Waals surface area (Å²) < 4.78 is 5.89. The van der Waals surface area contributed by atoms with Gasteiger partial charge in [-0.15, -0.1) is 0 Å². The highest BCUT2D eigenvalue weighted by Crippen LogP contribution is 2.33. The lowest BCUT2D eigenvalue weighted by Crippen LogP contribution is -2.33. The van der Waals surface area contributed by atoms with Gasteiger partial charge >= 0.3 is 0 Å². The lowest BCUT2D eigenvalue weighted by Gasteiger charge is -2.27. The Kier molecular flexibility index (Phi) is 2.61. The molecule has 3 heteroatoms. The van der Waals surface area contributed by atoms with Gasteiger partial charge in [0.25, 0.3) is 0 Å². The average Bonchev–Trinajstić information content (AvgIpc) is 2.75. The van der Waals surface area contributed by atoms with E-state index >= 15 is 0 Å². The number of nitriles is 1. The second kappa shape index (κ2) is 4.15. The van der Waals surface area contributed by atoms with Crippen LogP contribution in [0.15, 0.2) is 22.6 Å². The smallest absolute Gasteiger partial charge is 0.134 e. The zero-order valence-corrected chi connectivity index (χ0v) is 10.7. The van der Waals surface area contributed by atoms with E-state index in [1.165, 1.54) is 5.56 Å². The summed E-state index contributed by atoms with van der Waals surface area (Å²) in [6, 6.07) is 8.46. The van der Waals surface area contributed by atoms with Crippen molar-refractivity contribution in [1.29, 1.82) is 5.26 Å². The van der Waals surface area contributed by atoms with Crippen LogP contribution in [0, 0.1) is 11.3 Å². The zero-order valence-electron chi connectivity index (χ0n) is 10.7. The summed E-state index contributed by atoms with van der Waals surface area (Å²) in [6.07, 6.45) is 3.16. The van der Waals surface area contributed by atoms with Crippen LogP contribution in [-0.2, 0) is 12.8 Å². The molecule has 0 N–H and O–H groups in total. The van der Waals surface area contributed by atoms with E-state index in [9.17, 15) is 0 Å². The van der Waals surface area contributed by atoms with Crippen molar-refractivity contribution >= 4 is 11.0 Å². The number of rotatable bonds is 1. The van der Waals surface area contributed by atoms with E-state index in [1.807, 2.05) is 18.2 Å². The van der Waals surface area contributed by atoms with Crippen molar-refractivity contribution in [1.82, 2.24) is 4.90 Å². The highest BCUT2D eigenvalue weighted by Gasteiger charge is 2.25. The van der Waals surface area contributed by atoms with E-state index in [1.54, 1.807) is 0 Å². The number of aryl methyl sites for hydroxylation is 1. The first-order chi connectivity index (χ1) is 8.69. The molecule has 1 atom stereocenters. The molecule has 1 heterocycles. The Hall–Kier alpha value is -1.79. The second-order valence-electron chi connectivity index (χ2n) is 5.19. The average molecular weight is 240 g/mol. The number of nitrogens with zero attached hydrogens (tertiary/aromatic N) is 2. The number of likely N-dealkylation sites (N-methyl/N-ethyl adjacent to an activating group) is 1. The highest BCUT2D eigenvalue weighted by atomic mass is 16.3. The fourth-order valence-electron chi connectivity index (χ4n) is 2.77. The Morgan fingerprint density at radius 1 is 1.39 bits per heavy atom. The SMILES string of the molecule is CN(C)C1CCc2oc3ccc(C#N)cc3c2C1. The largest absolute Gasteiger partial charge is 0.461 e. The molecule has 18 heavy (non-hydrogen) atoms. The monoisotopic (exact) mass is 240 g/mol. The summed E-state index contributed by atoms with van der Waals surface area (Å²) >= 11 is 0. The van der Waals surface area contributed by atoms with Crippen molar-refractivity contribution in [2.24, 2.45) is 0 Å². The molecule has 0 spiro atoms. The summed E-state index contributed by atoms with van der Waals surface area (Å²) in [5.41, 5.74) is 2.92. The zero-order chi connectivity index (χ0) is 12.7. The molecule has 0 saturated carbocycles. The molecule has 1 aromatic heterocycles. The standard InChI is InChI=1S/C15H16N2O/c1-17(2)11-4-6-15-13(8-11)12-7-10(9-16)3-5-14(12)18-15/h3,5,7,11H,4,6,8H2,1-2H3. The van der Waals surface area contributed by atoms with Crippen LogP contribution in [0.5, 0.6) is 0 Å². The molecular weight excluding hydrogens is 224 g/mol. The van der Waals surface area contributed by atoms with Crippen LogP contribution in [0.3, 0.4) is 0 Å². The van der Waals surface area contributed by atoms with E-state index < -0.39 is 0 Å². The lowest BCUT2D eigenvalue weighted by molar-refractivity contribution is 0.261. The van der Waals surface area contributed by atoms with Gasteiger partial charge < -0.3 is 9.32 Å². The number of fused-ring (bicyclic) bond motifs is 3. The van der Waals surface area contributed by atoms with Gasteiger partial charge in [0.1, 0.15) is 11.3 Å². The van der Waals surface area contributed by atoms with Crippen molar-refractivity contribution in [3.8, 4) is 6.07 Å². The summed E-state index contributed by atoms with van der Waals surface area (Å²) in [6.45, 7) is 0. The van der Waals surface area contributed by atoms with Gasteiger partial charge in [-0.25, -0.2) is 0 Å². The molecule has 0 bridgehead atoms. The number of furan rings is 1. The van der Waals surface area contributed by atoms with E-state index in [0.29, 0.717) is 11.6 Å². The third-order valence-corrected chi connectivity index (χ3v) is 3.88. The van der Waals surface area contributed by atoms with Crippen LogP contribution in [0.1, 0.15) is 23.3 Å². The molecule has 0 radical (unpaired) electrons. The molecule has 0 amide bonds. The van der Waals surface area contributed by atoms with Gasteiger partial charge in [0.15, 0.2) is 0 Å². The van der Waals surface area contributed by atoms with Crippen LogP contribution >= 0.6 is 0 Å². The Labute approximate surface area is 107 Å². The number of hydrogen-bond acceptors (Lipinski definition) is 3. The number of hydrogen-bond donors (Lipinski definition) is 0. The lowest BCUT2D eigenvalue weighted by atomic mass is 9.91. The van der Waals surface area contributed by atoms with E-state index in [0.717, 1.165) is 36.0 Å². The van der Waals surface area contributed by atoms with Gasteiger partial charge in [0.2, 0.25) is 0 Å².